The van der Waals surface area contributed by atoms with Gasteiger partial charge in [-0.15, -0.1) is 0 Å². The molecule has 0 amide bonds. The van der Waals surface area contributed by atoms with Gasteiger partial charge in [0.1, 0.15) is 4.75 Å². The molecule has 0 spiro atoms. The van der Waals surface area contributed by atoms with Crippen molar-refractivity contribution in [1.29, 1.82) is 0 Å². The van der Waals surface area contributed by atoms with Crippen LogP contribution in [-0.4, -0.2) is 26.9 Å². The van der Waals surface area contributed by atoms with Crippen LogP contribution in [0, 0.1) is 0 Å². The first-order valence-corrected chi connectivity index (χ1v) is 4.04. The molecule has 0 rings (SSSR count). The quantitative estimate of drug-likeness (QED) is 0.568. The lowest BCUT2D eigenvalue weighted by atomic mass is 9.99. The van der Waals surface area contributed by atoms with E-state index >= 15 is 0 Å². The van der Waals surface area contributed by atoms with E-state index < -0.39 is 23.1 Å². The average molecular weight is 192 g/mol. The van der Waals surface area contributed by atoms with Crippen LogP contribution in [0.15, 0.2) is 0 Å². The normalized spacial score (nSPS) is 15.2. The molecule has 70 valence electrons. The predicted molar refractivity (Wildman–Crippen MR) is 46.5 cm³/mol. The number of carboxylic acids is 2. The molecule has 0 saturated carbocycles. The van der Waals surface area contributed by atoms with E-state index in [2.05, 4.69) is 12.6 Å². The van der Waals surface area contributed by atoms with Gasteiger partial charge in [0.25, 0.3) is 0 Å². The van der Waals surface area contributed by atoms with Crippen LogP contribution in [0.5, 0.6) is 0 Å². The van der Waals surface area contributed by atoms with Gasteiger partial charge in [-0.2, -0.15) is 12.6 Å². The van der Waals surface area contributed by atoms with E-state index in [0.717, 1.165) is 0 Å². The van der Waals surface area contributed by atoms with Gasteiger partial charge >= 0.3 is 11.9 Å². The third kappa shape index (κ3) is 3.13. The van der Waals surface area contributed by atoms with Crippen molar-refractivity contribution in [3.8, 4) is 0 Å². The van der Waals surface area contributed by atoms with Gasteiger partial charge in [0.05, 0.1) is 6.42 Å². The maximum atomic E-state index is 10.6. The summed E-state index contributed by atoms with van der Waals surface area (Å²) >= 11 is 3.85. The highest BCUT2D eigenvalue weighted by Gasteiger charge is 2.35. The van der Waals surface area contributed by atoms with Crippen LogP contribution in [0.2, 0.25) is 0 Å². The fourth-order valence-corrected chi connectivity index (χ4v) is 1.29. The maximum absolute atomic E-state index is 10.6. The molecule has 2 N–H and O–H groups in total. The van der Waals surface area contributed by atoms with Crippen molar-refractivity contribution in [2.75, 3.05) is 0 Å². The van der Waals surface area contributed by atoms with Crippen molar-refractivity contribution in [1.82, 2.24) is 0 Å². The minimum Gasteiger partial charge on any atom is -0.481 e. The molecule has 0 aromatic rings. The summed E-state index contributed by atoms with van der Waals surface area (Å²) in [6.07, 6.45) is 0.417. The number of hydrogen-bond acceptors (Lipinski definition) is 3. The fourth-order valence-electron chi connectivity index (χ4n) is 0.935. The number of aliphatic carboxylic acids is 2. The third-order valence-corrected chi connectivity index (χ3v) is 2.08. The van der Waals surface area contributed by atoms with Gasteiger partial charge in [-0.05, 0) is 6.42 Å². The van der Waals surface area contributed by atoms with E-state index in [9.17, 15) is 9.59 Å². The molecule has 0 aliphatic rings. The molecule has 0 heterocycles. The lowest BCUT2D eigenvalue weighted by Crippen LogP contribution is -2.34. The zero-order valence-electron chi connectivity index (χ0n) is 6.78. The van der Waals surface area contributed by atoms with E-state index in [-0.39, 0.29) is 6.42 Å². The largest absolute Gasteiger partial charge is 0.481 e. The summed E-state index contributed by atoms with van der Waals surface area (Å²) in [5.41, 5.74) is 0. The summed E-state index contributed by atoms with van der Waals surface area (Å²) in [5, 5.41) is 17.1. The summed E-state index contributed by atoms with van der Waals surface area (Å²) in [7, 11) is 0. The summed E-state index contributed by atoms with van der Waals surface area (Å²) in [5.74, 6) is -2.31. The molecule has 12 heavy (non-hydrogen) atoms. The molecule has 0 radical (unpaired) electrons. The van der Waals surface area contributed by atoms with Crippen molar-refractivity contribution in [3.05, 3.63) is 0 Å². The zero-order valence-corrected chi connectivity index (χ0v) is 7.67. The van der Waals surface area contributed by atoms with Crippen LogP contribution in [0.3, 0.4) is 0 Å². The topological polar surface area (TPSA) is 74.6 Å². The summed E-state index contributed by atoms with van der Waals surface area (Å²) in [6.45, 7) is 1.79. The van der Waals surface area contributed by atoms with Gasteiger partial charge in [0.2, 0.25) is 0 Å². The average Bonchev–Trinajstić information content (AvgIpc) is 1.85. The molecule has 0 saturated heterocycles. The van der Waals surface area contributed by atoms with Gasteiger partial charge in [-0.3, -0.25) is 9.59 Å². The second kappa shape index (κ2) is 4.35. The second-order valence-corrected chi connectivity index (χ2v) is 3.51. The van der Waals surface area contributed by atoms with Gasteiger partial charge in [0.15, 0.2) is 0 Å². The Bertz CT molecular complexity index is 192. The van der Waals surface area contributed by atoms with Crippen LogP contribution >= 0.6 is 12.6 Å². The highest BCUT2D eigenvalue weighted by atomic mass is 32.1. The van der Waals surface area contributed by atoms with Gasteiger partial charge in [-0.25, -0.2) is 0 Å². The molecule has 0 fully saturated rings. The van der Waals surface area contributed by atoms with Crippen LogP contribution in [0.1, 0.15) is 26.2 Å². The number of hydrogen-bond donors (Lipinski definition) is 3. The van der Waals surface area contributed by atoms with E-state index in [4.69, 9.17) is 10.2 Å². The Morgan fingerprint density at radius 1 is 1.42 bits per heavy atom. The molecule has 1 unspecified atom stereocenters. The number of carbonyl (C=O) groups is 2. The van der Waals surface area contributed by atoms with Crippen LogP contribution in [0.25, 0.3) is 0 Å². The van der Waals surface area contributed by atoms with E-state index in [1.165, 1.54) is 0 Å². The molecular formula is C7H12O4S. The lowest BCUT2D eigenvalue weighted by molar-refractivity contribution is -0.146. The standard InChI is InChI=1S/C7H12O4S/c1-2-3-7(12,6(10)11)4-5(8)9/h12H,2-4H2,1H3,(H,8,9)(H,10,11). The molecule has 0 bridgehead atoms. The first kappa shape index (κ1) is 11.3. The molecule has 0 aliphatic carbocycles. The number of thiol groups is 1. The number of rotatable bonds is 5. The Kier molecular flexibility index (Phi) is 4.09. The molecular weight excluding hydrogens is 180 g/mol. The first-order chi connectivity index (χ1) is 5.42. The van der Waals surface area contributed by atoms with Crippen LogP contribution in [0.4, 0.5) is 0 Å². The Morgan fingerprint density at radius 3 is 2.17 bits per heavy atom. The Balaban J connectivity index is 4.38. The van der Waals surface area contributed by atoms with Gasteiger partial charge in [0, 0.05) is 0 Å². The Labute approximate surface area is 76.0 Å². The number of carboxylic acid groups (broad SMARTS) is 2. The highest BCUT2D eigenvalue weighted by Crippen LogP contribution is 2.25. The molecule has 0 aromatic carbocycles. The van der Waals surface area contributed by atoms with Crippen molar-refractivity contribution >= 4 is 24.6 Å². The monoisotopic (exact) mass is 192 g/mol. The SMILES string of the molecule is CCCC(S)(CC(=O)O)C(=O)O. The maximum Gasteiger partial charge on any atom is 0.320 e. The molecule has 0 aromatic heterocycles. The molecule has 4 nitrogen and oxygen atoms in total. The smallest absolute Gasteiger partial charge is 0.320 e. The minimum atomic E-state index is -1.42. The summed E-state index contributed by atoms with van der Waals surface area (Å²) < 4.78 is -1.42. The van der Waals surface area contributed by atoms with Crippen molar-refractivity contribution in [2.24, 2.45) is 0 Å². The van der Waals surface area contributed by atoms with Crippen molar-refractivity contribution in [2.45, 2.75) is 30.9 Å². The van der Waals surface area contributed by atoms with Crippen molar-refractivity contribution in [3.63, 3.8) is 0 Å². The zero-order chi connectivity index (χ0) is 9.78. The lowest BCUT2D eigenvalue weighted by Gasteiger charge is -2.20. The third-order valence-electron chi connectivity index (χ3n) is 1.51. The predicted octanol–water partition coefficient (Wildman–Crippen LogP) is 1.01. The van der Waals surface area contributed by atoms with E-state index in [1.54, 1.807) is 6.92 Å². The Morgan fingerprint density at radius 2 is 1.92 bits per heavy atom. The molecule has 0 aliphatic heterocycles. The molecule has 5 heteroatoms. The fraction of sp³-hybridized carbons (Fsp3) is 0.714. The second-order valence-electron chi connectivity index (χ2n) is 2.66. The highest BCUT2D eigenvalue weighted by molar-refractivity contribution is 7.82. The van der Waals surface area contributed by atoms with Gasteiger partial charge in [-0.1, -0.05) is 13.3 Å². The van der Waals surface area contributed by atoms with Crippen molar-refractivity contribution < 1.29 is 19.8 Å². The summed E-state index contributed by atoms with van der Waals surface area (Å²) in [4.78, 5) is 20.9. The van der Waals surface area contributed by atoms with Crippen LogP contribution in [-0.2, 0) is 9.59 Å². The Hall–Kier alpha value is -0.710. The van der Waals surface area contributed by atoms with E-state index in [0.29, 0.717) is 6.42 Å². The minimum absolute atomic E-state index is 0.262. The first-order valence-electron chi connectivity index (χ1n) is 3.60. The summed E-state index contributed by atoms with van der Waals surface area (Å²) in [6, 6.07) is 0. The van der Waals surface area contributed by atoms with E-state index in [1.807, 2.05) is 0 Å². The van der Waals surface area contributed by atoms with Gasteiger partial charge < -0.3 is 10.2 Å². The van der Waals surface area contributed by atoms with Crippen LogP contribution < -0.4 is 0 Å². The molecule has 1 atom stereocenters.